The molecule has 2 heterocycles. The third-order valence-corrected chi connectivity index (χ3v) is 1.93. The van der Waals surface area contributed by atoms with E-state index in [1.165, 1.54) is 5.56 Å². The Bertz CT molecular complexity index is 356. The van der Waals surface area contributed by atoms with E-state index < -0.39 is 0 Å². The van der Waals surface area contributed by atoms with Gasteiger partial charge in [0, 0.05) is 18.9 Å². The second-order valence-electron chi connectivity index (χ2n) is 3.04. The Balaban J connectivity index is 1.79. The van der Waals surface area contributed by atoms with Gasteiger partial charge in [0.2, 0.25) is 0 Å². The third kappa shape index (κ3) is 2.44. The molecule has 0 bridgehead atoms. The Morgan fingerprint density at radius 2 is 2.21 bits per heavy atom. The van der Waals surface area contributed by atoms with E-state index in [1.54, 1.807) is 12.5 Å². The topological polar surface area (TPSA) is 38.1 Å². The van der Waals surface area contributed by atoms with Gasteiger partial charge in [0.1, 0.15) is 5.76 Å². The van der Waals surface area contributed by atoms with Crippen molar-refractivity contribution >= 4 is 0 Å². The van der Waals surface area contributed by atoms with Crippen LogP contribution in [0, 0.1) is 0 Å². The SMILES string of the molecule is c1cncc(CNCc2ccco2)c1. The minimum absolute atomic E-state index is 0.752. The van der Waals surface area contributed by atoms with Crippen molar-refractivity contribution in [2.75, 3.05) is 0 Å². The van der Waals surface area contributed by atoms with Crippen molar-refractivity contribution in [3.8, 4) is 0 Å². The number of rotatable bonds is 4. The maximum atomic E-state index is 5.19. The maximum absolute atomic E-state index is 5.19. The summed E-state index contributed by atoms with van der Waals surface area (Å²) in [5.74, 6) is 0.953. The molecule has 72 valence electrons. The van der Waals surface area contributed by atoms with E-state index in [0.29, 0.717) is 0 Å². The molecule has 0 aliphatic rings. The normalized spacial score (nSPS) is 10.3. The largest absolute Gasteiger partial charge is 0.468 e. The zero-order valence-corrected chi connectivity index (χ0v) is 7.81. The molecule has 2 aromatic heterocycles. The number of hydrogen-bond donors (Lipinski definition) is 1. The molecule has 14 heavy (non-hydrogen) atoms. The fourth-order valence-corrected chi connectivity index (χ4v) is 1.25. The minimum atomic E-state index is 0.752. The van der Waals surface area contributed by atoms with Crippen LogP contribution in [0.2, 0.25) is 0 Å². The monoisotopic (exact) mass is 188 g/mol. The van der Waals surface area contributed by atoms with Crippen LogP contribution in [0.1, 0.15) is 11.3 Å². The predicted octanol–water partition coefficient (Wildman–Crippen LogP) is 1.96. The van der Waals surface area contributed by atoms with Crippen molar-refractivity contribution in [1.82, 2.24) is 10.3 Å². The van der Waals surface area contributed by atoms with Crippen LogP contribution in [-0.2, 0) is 13.1 Å². The molecule has 0 saturated carbocycles. The smallest absolute Gasteiger partial charge is 0.117 e. The highest BCUT2D eigenvalue weighted by Gasteiger charge is 1.95. The van der Waals surface area contributed by atoms with Gasteiger partial charge in [-0.05, 0) is 23.8 Å². The summed E-state index contributed by atoms with van der Waals surface area (Å²) in [6.07, 6.45) is 5.31. The summed E-state index contributed by atoms with van der Waals surface area (Å²) in [5.41, 5.74) is 1.18. The molecular weight excluding hydrogens is 176 g/mol. The van der Waals surface area contributed by atoms with Crippen LogP contribution in [-0.4, -0.2) is 4.98 Å². The summed E-state index contributed by atoms with van der Waals surface area (Å²) in [6.45, 7) is 1.57. The first-order valence-electron chi connectivity index (χ1n) is 4.57. The van der Waals surface area contributed by atoms with E-state index in [9.17, 15) is 0 Å². The maximum Gasteiger partial charge on any atom is 0.117 e. The Kier molecular flexibility index (Phi) is 2.93. The zero-order chi connectivity index (χ0) is 9.64. The van der Waals surface area contributed by atoms with Gasteiger partial charge in [0.25, 0.3) is 0 Å². The van der Waals surface area contributed by atoms with E-state index in [2.05, 4.69) is 10.3 Å². The van der Waals surface area contributed by atoms with Crippen molar-refractivity contribution in [3.63, 3.8) is 0 Å². The number of nitrogens with one attached hydrogen (secondary N) is 1. The van der Waals surface area contributed by atoms with Gasteiger partial charge in [0.15, 0.2) is 0 Å². The molecule has 2 aromatic rings. The highest BCUT2D eigenvalue weighted by molar-refractivity contribution is 5.08. The summed E-state index contributed by atoms with van der Waals surface area (Å²) in [6, 6.07) is 7.82. The highest BCUT2D eigenvalue weighted by atomic mass is 16.3. The van der Waals surface area contributed by atoms with Crippen LogP contribution in [0.15, 0.2) is 47.3 Å². The lowest BCUT2D eigenvalue weighted by Gasteiger charge is -2.01. The summed E-state index contributed by atoms with van der Waals surface area (Å²) in [4.78, 5) is 4.04. The number of aromatic nitrogens is 1. The van der Waals surface area contributed by atoms with E-state index in [0.717, 1.165) is 18.8 Å². The van der Waals surface area contributed by atoms with Crippen molar-refractivity contribution in [2.24, 2.45) is 0 Å². The molecule has 0 aromatic carbocycles. The average Bonchev–Trinajstić information content (AvgIpc) is 2.72. The van der Waals surface area contributed by atoms with E-state index in [-0.39, 0.29) is 0 Å². The standard InChI is InChI=1S/C11H12N2O/c1-3-10(7-12-5-1)8-13-9-11-4-2-6-14-11/h1-7,13H,8-9H2. The van der Waals surface area contributed by atoms with Gasteiger partial charge in [0.05, 0.1) is 12.8 Å². The van der Waals surface area contributed by atoms with Crippen LogP contribution in [0.4, 0.5) is 0 Å². The van der Waals surface area contributed by atoms with E-state index in [1.807, 2.05) is 30.5 Å². The first-order chi connectivity index (χ1) is 6.95. The number of pyridine rings is 1. The first-order valence-corrected chi connectivity index (χ1v) is 4.57. The molecule has 0 aliphatic heterocycles. The van der Waals surface area contributed by atoms with Gasteiger partial charge in [-0.2, -0.15) is 0 Å². The van der Waals surface area contributed by atoms with Crippen molar-refractivity contribution in [1.29, 1.82) is 0 Å². The molecule has 3 heteroatoms. The Labute approximate surface area is 82.8 Å². The van der Waals surface area contributed by atoms with Crippen LogP contribution in [0.25, 0.3) is 0 Å². The molecule has 0 atom stereocenters. The fourth-order valence-electron chi connectivity index (χ4n) is 1.25. The van der Waals surface area contributed by atoms with Gasteiger partial charge < -0.3 is 9.73 Å². The molecule has 2 rings (SSSR count). The lowest BCUT2D eigenvalue weighted by molar-refractivity contribution is 0.483. The molecule has 0 saturated heterocycles. The second kappa shape index (κ2) is 4.58. The van der Waals surface area contributed by atoms with Gasteiger partial charge in [-0.3, -0.25) is 4.98 Å². The Hall–Kier alpha value is -1.61. The van der Waals surface area contributed by atoms with Gasteiger partial charge in [-0.1, -0.05) is 6.07 Å². The molecular formula is C11H12N2O. The summed E-state index contributed by atoms with van der Waals surface area (Å²) < 4.78 is 5.19. The lowest BCUT2D eigenvalue weighted by atomic mass is 10.3. The fraction of sp³-hybridized carbons (Fsp3) is 0.182. The van der Waals surface area contributed by atoms with Crippen LogP contribution >= 0.6 is 0 Å². The average molecular weight is 188 g/mol. The lowest BCUT2D eigenvalue weighted by Crippen LogP contribution is -2.12. The molecule has 0 spiro atoms. The zero-order valence-electron chi connectivity index (χ0n) is 7.81. The summed E-state index contributed by atoms with van der Waals surface area (Å²) in [5, 5.41) is 3.27. The van der Waals surface area contributed by atoms with E-state index in [4.69, 9.17) is 4.42 Å². The van der Waals surface area contributed by atoms with Crippen molar-refractivity contribution in [3.05, 3.63) is 54.2 Å². The highest BCUT2D eigenvalue weighted by Crippen LogP contribution is 2.00. The number of furan rings is 1. The summed E-state index contributed by atoms with van der Waals surface area (Å²) in [7, 11) is 0. The Morgan fingerprint density at radius 3 is 2.93 bits per heavy atom. The molecule has 0 fully saturated rings. The van der Waals surface area contributed by atoms with Crippen LogP contribution < -0.4 is 5.32 Å². The van der Waals surface area contributed by atoms with Gasteiger partial charge in [-0.15, -0.1) is 0 Å². The number of nitrogens with zero attached hydrogens (tertiary/aromatic N) is 1. The van der Waals surface area contributed by atoms with Crippen molar-refractivity contribution in [2.45, 2.75) is 13.1 Å². The first kappa shape index (κ1) is 8.97. The summed E-state index contributed by atoms with van der Waals surface area (Å²) >= 11 is 0. The molecule has 0 unspecified atom stereocenters. The van der Waals surface area contributed by atoms with Crippen LogP contribution in [0.5, 0.6) is 0 Å². The predicted molar refractivity (Wildman–Crippen MR) is 53.5 cm³/mol. The van der Waals surface area contributed by atoms with Crippen molar-refractivity contribution < 1.29 is 4.42 Å². The minimum Gasteiger partial charge on any atom is -0.468 e. The molecule has 1 N–H and O–H groups in total. The molecule has 3 nitrogen and oxygen atoms in total. The third-order valence-electron chi connectivity index (χ3n) is 1.93. The second-order valence-corrected chi connectivity index (χ2v) is 3.04. The van der Waals surface area contributed by atoms with Gasteiger partial charge in [-0.25, -0.2) is 0 Å². The molecule has 0 radical (unpaired) electrons. The molecule has 0 aliphatic carbocycles. The van der Waals surface area contributed by atoms with Gasteiger partial charge >= 0.3 is 0 Å². The van der Waals surface area contributed by atoms with Crippen LogP contribution in [0.3, 0.4) is 0 Å². The molecule has 0 amide bonds. The van der Waals surface area contributed by atoms with E-state index >= 15 is 0 Å². The number of hydrogen-bond acceptors (Lipinski definition) is 3. The Morgan fingerprint density at radius 1 is 1.21 bits per heavy atom. The quantitative estimate of drug-likeness (QED) is 0.797.